The van der Waals surface area contributed by atoms with E-state index in [9.17, 15) is 9.59 Å². The van der Waals surface area contributed by atoms with E-state index in [1.54, 1.807) is 0 Å². The van der Waals surface area contributed by atoms with Gasteiger partial charge in [-0.2, -0.15) is 0 Å². The second-order valence-corrected chi connectivity index (χ2v) is 4.69. The van der Waals surface area contributed by atoms with E-state index in [1.807, 2.05) is 6.92 Å². The molecule has 1 heterocycles. The lowest BCUT2D eigenvalue weighted by Crippen LogP contribution is -2.42. The van der Waals surface area contributed by atoms with Crippen LogP contribution in [0.1, 0.15) is 39.5 Å². The van der Waals surface area contributed by atoms with E-state index in [0.29, 0.717) is 19.5 Å². The van der Waals surface area contributed by atoms with Crippen LogP contribution in [0.4, 0.5) is 0 Å². The van der Waals surface area contributed by atoms with Crippen LogP contribution in [0, 0.1) is 0 Å². The number of carbonyl (C=O) groups is 2. The molecule has 0 spiro atoms. The Hall–Kier alpha value is -1.10. The lowest BCUT2D eigenvalue weighted by Gasteiger charge is -2.14. The monoisotopic (exact) mass is 241 g/mol. The first-order chi connectivity index (χ1) is 8.11. The first-order valence-corrected chi connectivity index (χ1v) is 6.41. The highest BCUT2D eigenvalue weighted by molar-refractivity contribution is 5.79. The third-order valence-corrected chi connectivity index (χ3v) is 2.89. The number of carbonyl (C=O) groups excluding carboxylic acids is 2. The lowest BCUT2D eigenvalue weighted by molar-refractivity contribution is -0.121. The van der Waals surface area contributed by atoms with Crippen molar-refractivity contribution < 1.29 is 9.59 Å². The molecule has 98 valence electrons. The van der Waals surface area contributed by atoms with Crippen LogP contribution >= 0.6 is 0 Å². The van der Waals surface area contributed by atoms with E-state index in [1.165, 1.54) is 0 Å². The molecule has 1 aliphatic rings. The quantitative estimate of drug-likeness (QED) is 0.594. The highest BCUT2D eigenvalue weighted by Gasteiger charge is 2.20. The lowest BCUT2D eigenvalue weighted by atomic mass is 10.2. The molecule has 5 heteroatoms. The molecule has 0 aromatic rings. The molecule has 5 nitrogen and oxygen atoms in total. The van der Waals surface area contributed by atoms with Gasteiger partial charge in [-0.1, -0.05) is 13.3 Å². The van der Waals surface area contributed by atoms with Gasteiger partial charge in [0.25, 0.3) is 0 Å². The van der Waals surface area contributed by atoms with Crippen molar-refractivity contribution in [3.05, 3.63) is 0 Å². The van der Waals surface area contributed by atoms with Crippen molar-refractivity contribution >= 4 is 11.8 Å². The van der Waals surface area contributed by atoms with Gasteiger partial charge in [0.1, 0.15) is 0 Å². The Labute approximate surface area is 103 Å². The molecule has 3 N–H and O–H groups in total. The molecule has 0 saturated carbocycles. The van der Waals surface area contributed by atoms with Crippen LogP contribution in [0.5, 0.6) is 0 Å². The molecule has 0 aromatic carbocycles. The summed E-state index contributed by atoms with van der Waals surface area (Å²) in [6.07, 6.45) is 3.54. The maximum absolute atomic E-state index is 11.5. The zero-order valence-corrected chi connectivity index (χ0v) is 10.7. The maximum atomic E-state index is 11.5. The fourth-order valence-corrected chi connectivity index (χ4v) is 2.02. The molecule has 2 amide bonds. The average Bonchev–Trinajstić information content (AvgIpc) is 2.64. The summed E-state index contributed by atoms with van der Waals surface area (Å²) in [5, 5.41) is 8.85. The van der Waals surface area contributed by atoms with Gasteiger partial charge >= 0.3 is 0 Å². The van der Waals surface area contributed by atoms with Crippen molar-refractivity contribution in [1.82, 2.24) is 16.0 Å². The van der Waals surface area contributed by atoms with Gasteiger partial charge in [-0.25, -0.2) is 0 Å². The zero-order chi connectivity index (χ0) is 12.7. The summed E-state index contributed by atoms with van der Waals surface area (Å²) in [6.45, 7) is 5.10. The molecule has 1 rings (SSSR count). The van der Waals surface area contributed by atoms with Crippen LogP contribution < -0.4 is 16.0 Å². The van der Waals surface area contributed by atoms with Crippen molar-refractivity contribution in [3.63, 3.8) is 0 Å². The van der Waals surface area contributed by atoms with Crippen molar-refractivity contribution in [2.24, 2.45) is 0 Å². The van der Waals surface area contributed by atoms with Gasteiger partial charge in [0.2, 0.25) is 11.8 Å². The van der Waals surface area contributed by atoms with E-state index in [4.69, 9.17) is 0 Å². The topological polar surface area (TPSA) is 70.2 Å². The molecule has 2 unspecified atom stereocenters. The van der Waals surface area contributed by atoms with Crippen LogP contribution in [0.3, 0.4) is 0 Å². The van der Waals surface area contributed by atoms with Crippen LogP contribution in [0.15, 0.2) is 0 Å². The van der Waals surface area contributed by atoms with Crippen LogP contribution in [0.2, 0.25) is 0 Å². The summed E-state index contributed by atoms with van der Waals surface area (Å²) in [5.74, 6) is 0.132. The van der Waals surface area contributed by atoms with E-state index in [0.717, 1.165) is 19.3 Å². The Bertz CT molecular complexity index is 268. The van der Waals surface area contributed by atoms with Crippen molar-refractivity contribution in [3.8, 4) is 0 Å². The Balaban J connectivity index is 2.05. The largest absolute Gasteiger partial charge is 0.353 e. The molecule has 17 heavy (non-hydrogen) atoms. The summed E-state index contributed by atoms with van der Waals surface area (Å²) < 4.78 is 0. The number of nitrogens with one attached hydrogen (secondary N) is 3. The third-order valence-electron chi connectivity index (χ3n) is 2.89. The second kappa shape index (κ2) is 7.27. The summed E-state index contributed by atoms with van der Waals surface area (Å²) in [5.41, 5.74) is 0. The maximum Gasteiger partial charge on any atom is 0.234 e. The average molecular weight is 241 g/mol. The SMILES string of the molecule is CCCC(C)NC(=O)CNCC1CCC(=O)N1. The molecule has 1 aliphatic heterocycles. The minimum absolute atomic E-state index is 0.0234. The Morgan fingerprint density at radius 1 is 1.59 bits per heavy atom. The fourth-order valence-electron chi connectivity index (χ4n) is 2.02. The predicted molar refractivity (Wildman–Crippen MR) is 66.5 cm³/mol. The van der Waals surface area contributed by atoms with Gasteiger partial charge < -0.3 is 16.0 Å². The first-order valence-electron chi connectivity index (χ1n) is 6.41. The van der Waals surface area contributed by atoms with Crippen molar-refractivity contribution in [2.45, 2.75) is 51.6 Å². The summed E-state index contributed by atoms with van der Waals surface area (Å²) in [4.78, 5) is 22.5. The minimum Gasteiger partial charge on any atom is -0.353 e. The second-order valence-electron chi connectivity index (χ2n) is 4.69. The zero-order valence-electron chi connectivity index (χ0n) is 10.7. The highest BCUT2D eigenvalue weighted by Crippen LogP contribution is 2.04. The van der Waals surface area contributed by atoms with Gasteiger partial charge in [-0.05, 0) is 19.8 Å². The van der Waals surface area contributed by atoms with Gasteiger partial charge in [-0.3, -0.25) is 9.59 Å². The normalized spacial score (nSPS) is 21.1. The number of hydrogen-bond acceptors (Lipinski definition) is 3. The van der Waals surface area contributed by atoms with Crippen LogP contribution in [-0.2, 0) is 9.59 Å². The van der Waals surface area contributed by atoms with Gasteiger partial charge in [0.05, 0.1) is 6.54 Å². The first kappa shape index (κ1) is 14.0. The Morgan fingerprint density at radius 3 is 2.94 bits per heavy atom. The van der Waals surface area contributed by atoms with E-state index >= 15 is 0 Å². The van der Waals surface area contributed by atoms with Gasteiger partial charge in [0.15, 0.2) is 0 Å². The molecule has 2 atom stereocenters. The van der Waals surface area contributed by atoms with E-state index in [-0.39, 0.29) is 23.9 Å². The van der Waals surface area contributed by atoms with E-state index < -0.39 is 0 Å². The number of rotatable bonds is 7. The third kappa shape index (κ3) is 5.68. The highest BCUT2D eigenvalue weighted by atomic mass is 16.2. The van der Waals surface area contributed by atoms with Gasteiger partial charge in [0, 0.05) is 25.0 Å². The molecule has 0 bridgehead atoms. The summed E-state index contributed by atoms with van der Waals surface area (Å²) in [6, 6.07) is 0.420. The molecule has 0 aliphatic carbocycles. The molecular weight excluding hydrogens is 218 g/mol. The predicted octanol–water partition coefficient (Wildman–Crippen LogP) is 0.159. The van der Waals surface area contributed by atoms with Crippen LogP contribution in [0.25, 0.3) is 0 Å². The molecule has 1 fully saturated rings. The number of amides is 2. The van der Waals surface area contributed by atoms with Gasteiger partial charge in [-0.15, -0.1) is 0 Å². The molecule has 0 aromatic heterocycles. The molecule has 0 radical (unpaired) electrons. The summed E-state index contributed by atoms with van der Waals surface area (Å²) >= 11 is 0. The van der Waals surface area contributed by atoms with Crippen molar-refractivity contribution in [1.29, 1.82) is 0 Å². The Kier molecular flexibility index (Phi) is 5.97. The molecular formula is C12H23N3O2. The summed E-state index contributed by atoms with van der Waals surface area (Å²) in [7, 11) is 0. The van der Waals surface area contributed by atoms with E-state index in [2.05, 4.69) is 22.9 Å². The van der Waals surface area contributed by atoms with Crippen LogP contribution in [-0.4, -0.2) is 37.0 Å². The Morgan fingerprint density at radius 2 is 2.35 bits per heavy atom. The smallest absolute Gasteiger partial charge is 0.234 e. The minimum atomic E-state index is 0.0234. The fraction of sp³-hybridized carbons (Fsp3) is 0.833. The van der Waals surface area contributed by atoms with Crippen molar-refractivity contribution in [2.75, 3.05) is 13.1 Å². The standard InChI is InChI=1S/C12H23N3O2/c1-3-4-9(2)14-12(17)8-13-7-10-5-6-11(16)15-10/h9-10,13H,3-8H2,1-2H3,(H,14,17)(H,15,16). The number of hydrogen-bond donors (Lipinski definition) is 3. The molecule has 1 saturated heterocycles.